The van der Waals surface area contributed by atoms with E-state index in [9.17, 15) is 9.18 Å². The van der Waals surface area contributed by atoms with Crippen LogP contribution in [-0.2, 0) is 4.74 Å². The number of alkyl carbamates (subject to hydrolysis) is 1. The topological polar surface area (TPSA) is 92.7 Å². The van der Waals surface area contributed by atoms with Crippen LogP contribution in [0.1, 0.15) is 51.0 Å². The van der Waals surface area contributed by atoms with Crippen molar-refractivity contribution in [3.05, 3.63) is 60.1 Å². The molecule has 244 valence electrons. The number of carbonyl (C=O) groups excluding carboxylic acids is 1. The Morgan fingerprint density at radius 2 is 1.98 bits per heavy atom. The fourth-order valence-electron chi connectivity index (χ4n) is 8.10. The molecular weight excluding hydrogens is 602 g/mol. The van der Waals surface area contributed by atoms with Gasteiger partial charge in [0.15, 0.2) is 5.82 Å². The predicted molar refractivity (Wildman–Crippen MR) is 177 cm³/mol. The highest BCUT2D eigenvalue weighted by molar-refractivity contribution is 6.03. The highest BCUT2D eigenvalue weighted by Gasteiger charge is 2.49. The van der Waals surface area contributed by atoms with E-state index in [2.05, 4.69) is 15.2 Å². The van der Waals surface area contributed by atoms with E-state index in [1.54, 1.807) is 6.20 Å². The van der Waals surface area contributed by atoms with Crippen LogP contribution in [-0.4, -0.2) is 82.6 Å². The molecule has 5 aliphatic heterocycles. The number of hydrogen-bond acceptors (Lipinski definition) is 8. The van der Waals surface area contributed by atoms with E-state index in [0.717, 1.165) is 48.6 Å². The molecule has 0 spiro atoms. The van der Waals surface area contributed by atoms with Gasteiger partial charge in [0.2, 0.25) is 0 Å². The normalized spacial score (nSPS) is 27.0. The third-order valence-electron chi connectivity index (χ3n) is 10.3. The molecule has 6 bridgehead atoms. The molecule has 4 aromatic rings. The van der Waals surface area contributed by atoms with Crippen molar-refractivity contribution >= 4 is 39.7 Å². The summed E-state index contributed by atoms with van der Waals surface area (Å²) >= 11 is 0. The van der Waals surface area contributed by atoms with Crippen LogP contribution in [0.4, 0.5) is 19.4 Å². The number of ether oxygens (including phenoxy) is 2. The van der Waals surface area contributed by atoms with Crippen LogP contribution in [0.2, 0.25) is 0 Å². The van der Waals surface area contributed by atoms with Crippen LogP contribution in [0.3, 0.4) is 0 Å². The van der Waals surface area contributed by atoms with Crippen molar-refractivity contribution in [1.29, 1.82) is 0 Å². The molecule has 3 atom stereocenters. The molecule has 47 heavy (non-hydrogen) atoms. The van der Waals surface area contributed by atoms with Crippen LogP contribution in [0.5, 0.6) is 6.01 Å². The lowest BCUT2D eigenvalue weighted by Crippen LogP contribution is -2.57. The van der Waals surface area contributed by atoms with Gasteiger partial charge in [-0.3, -0.25) is 9.88 Å². The molecule has 0 saturated carbocycles. The molecule has 7 heterocycles. The molecule has 0 unspecified atom stereocenters. The quantitative estimate of drug-likeness (QED) is 0.274. The number of nitrogens with zero attached hydrogens (tertiary/aromatic N) is 5. The fourth-order valence-corrected chi connectivity index (χ4v) is 8.10. The maximum atomic E-state index is 17.0. The van der Waals surface area contributed by atoms with Gasteiger partial charge in [-0.05, 0) is 61.9 Å². The van der Waals surface area contributed by atoms with Gasteiger partial charge in [0.25, 0.3) is 0 Å². The number of aromatic nitrogens is 3. The van der Waals surface area contributed by atoms with Crippen LogP contribution in [0, 0.1) is 5.82 Å². The van der Waals surface area contributed by atoms with Gasteiger partial charge in [-0.15, -0.1) is 0 Å². The van der Waals surface area contributed by atoms with Crippen molar-refractivity contribution in [2.24, 2.45) is 0 Å². The average molecular weight is 641 g/mol. The molecule has 0 aliphatic carbocycles. The van der Waals surface area contributed by atoms with E-state index < -0.39 is 29.2 Å². The molecule has 2 aromatic heterocycles. The van der Waals surface area contributed by atoms with Gasteiger partial charge in [0.1, 0.15) is 29.8 Å². The zero-order valence-corrected chi connectivity index (χ0v) is 26.5. The first-order chi connectivity index (χ1) is 22.8. The Morgan fingerprint density at radius 3 is 2.87 bits per heavy atom. The summed E-state index contributed by atoms with van der Waals surface area (Å²) in [6, 6.07) is 11.7. The summed E-state index contributed by atoms with van der Waals surface area (Å²) in [6.45, 7) is 4.73. The fraction of sp³-hybridized carbons (Fsp3) is 0.444. The maximum absolute atomic E-state index is 17.0. The minimum absolute atomic E-state index is 0.0441. The zero-order chi connectivity index (χ0) is 32.2. The van der Waals surface area contributed by atoms with E-state index >= 15 is 4.39 Å². The number of benzene rings is 2. The number of carbonyl (C=O) groups is 1. The Labute approximate surface area is 272 Å². The van der Waals surface area contributed by atoms with Gasteiger partial charge in [-0.1, -0.05) is 48.6 Å². The first-order valence-electron chi connectivity index (χ1n) is 16.6. The van der Waals surface area contributed by atoms with Gasteiger partial charge in [0, 0.05) is 37.8 Å². The van der Waals surface area contributed by atoms with E-state index in [4.69, 9.17) is 19.4 Å². The van der Waals surface area contributed by atoms with Crippen molar-refractivity contribution in [1.82, 2.24) is 25.2 Å². The van der Waals surface area contributed by atoms with Crippen molar-refractivity contribution in [3.8, 4) is 17.3 Å². The molecule has 3 fully saturated rings. The lowest BCUT2D eigenvalue weighted by molar-refractivity contribution is 0.107. The highest BCUT2D eigenvalue weighted by atomic mass is 19.1. The molecule has 0 radical (unpaired) electrons. The number of piperidine rings is 1. The number of nitrogens with one attached hydrogen (secondary N) is 1. The zero-order valence-electron chi connectivity index (χ0n) is 26.5. The first-order valence-corrected chi connectivity index (χ1v) is 16.6. The second kappa shape index (κ2) is 11.7. The van der Waals surface area contributed by atoms with Crippen molar-refractivity contribution in [3.63, 3.8) is 0 Å². The van der Waals surface area contributed by atoms with E-state index in [1.807, 2.05) is 60.4 Å². The Kier molecular flexibility index (Phi) is 7.46. The summed E-state index contributed by atoms with van der Waals surface area (Å²) < 4.78 is 43.4. The van der Waals surface area contributed by atoms with Gasteiger partial charge >= 0.3 is 12.1 Å². The van der Waals surface area contributed by atoms with E-state index in [-0.39, 0.29) is 30.4 Å². The standard InChI is InChI=1S/C36H38F2N6O3/c1-35-13-6-15-43(21-35)32-27-19-39-30(26-12-5-11-24-10-4-9-23(28(24)26)8-2-3-17-46-34(45)42-35)29(38)31(27)40-33(41-32)47-22-36-14-7-16-44(36)20-25(37)18-36/h2,4-5,8-12,19,25H,3,6-7,13-18,20-22H2,1H3,(H,42,45)/b8-2+/t25-,35-,36+/m1/s1. The second-order valence-electron chi connectivity index (χ2n) is 13.7. The first kappa shape index (κ1) is 30.0. The van der Waals surface area contributed by atoms with Crippen LogP contribution in [0.25, 0.3) is 39.0 Å². The van der Waals surface area contributed by atoms with Gasteiger partial charge in [-0.2, -0.15) is 9.97 Å². The summed E-state index contributed by atoms with van der Waals surface area (Å²) in [5, 5.41) is 5.33. The monoisotopic (exact) mass is 640 g/mol. The van der Waals surface area contributed by atoms with Crippen molar-refractivity contribution < 1.29 is 23.0 Å². The van der Waals surface area contributed by atoms with Gasteiger partial charge in [0.05, 0.1) is 23.1 Å². The van der Waals surface area contributed by atoms with Gasteiger partial charge < -0.3 is 19.7 Å². The minimum Gasteiger partial charge on any atom is -0.461 e. The Morgan fingerprint density at radius 1 is 1.13 bits per heavy atom. The molecule has 1 amide bonds. The van der Waals surface area contributed by atoms with Crippen molar-refractivity contribution in [2.75, 3.05) is 44.3 Å². The summed E-state index contributed by atoms with van der Waals surface area (Å²) in [5.74, 6) is -0.0718. The molecule has 11 heteroatoms. The summed E-state index contributed by atoms with van der Waals surface area (Å²) in [4.78, 5) is 31.3. The lowest BCUT2D eigenvalue weighted by atomic mass is 9.91. The van der Waals surface area contributed by atoms with E-state index in [0.29, 0.717) is 49.2 Å². The summed E-state index contributed by atoms with van der Waals surface area (Å²) in [6.07, 6.45) is 8.45. The average Bonchev–Trinajstić information content (AvgIpc) is 3.58. The van der Waals surface area contributed by atoms with Crippen LogP contribution < -0.4 is 15.0 Å². The molecule has 9 nitrogen and oxygen atoms in total. The largest absolute Gasteiger partial charge is 0.461 e. The molecule has 9 rings (SSSR count). The number of anilines is 1. The number of halogens is 2. The number of hydrogen-bond donors (Lipinski definition) is 1. The maximum Gasteiger partial charge on any atom is 0.407 e. The number of pyridine rings is 1. The SMILES string of the molecule is C[C@@]12CCCN(C1)c1nc(OC[C@@]34CCCN3C[C@H](F)C4)nc3c(F)c(ncc13)-c1cccc3cccc(c13)/C=C/CCOC(=O)N2. The molecular formula is C36H38F2N6O3. The minimum atomic E-state index is -0.899. The second-order valence-corrected chi connectivity index (χ2v) is 13.7. The predicted octanol–water partition coefficient (Wildman–Crippen LogP) is 6.44. The number of fused-ring (bicyclic) bond motifs is 7. The third kappa shape index (κ3) is 5.44. The molecule has 1 N–H and O–H groups in total. The highest BCUT2D eigenvalue weighted by Crippen LogP contribution is 2.41. The number of rotatable bonds is 3. The summed E-state index contributed by atoms with van der Waals surface area (Å²) in [7, 11) is 0. The smallest absolute Gasteiger partial charge is 0.407 e. The third-order valence-corrected chi connectivity index (χ3v) is 10.3. The molecule has 2 aromatic carbocycles. The van der Waals surface area contributed by atoms with Gasteiger partial charge in [-0.25, -0.2) is 13.6 Å². The van der Waals surface area contributed by atoms with E-state index in [1.165, 1.54) is 0 Å². The summed E-state index contributed by atoms with van der Waals surface area (Å²) in [5.41, 5.74) is 0.818. The van der Waals surface area contributed by atoms with Crippen molar-refractivity contribution in [2.45, 2.75) is 62.7 Å². The lowest BCUT2D eigenvalue weighted by Gasteiger charge is -2.41. The number of amides is 1. The van der Waals surface area contributed by atoms with Crippen LogP contribution >= 0.6 is 0 Å². The molecule has 3 saturated heterocycles. The number of alkyl halides is 1. The Bertz CT molecular complexity index is 1900. The Hall–Kier alpha value is -4.38. The Balaban J connectivity index is 1.29. The van der Waals surface area contributed by atoms with Crippen LogP contribution in [0.15, 0.2) is 48.7 Å². The molecule has 5 aliphatic rings.